The van der Waals surface area contributed by atoms with Gasteiger partial charge in [-0.15, -0.1) is 10.2 Å². The number of furan rings is 1. The van der Waals surface area contributed by atoms with Crippen LogP contribution in [0.1, 0.15) is 23.8 Å². The van der Waals surface area contributed by atoms with E-state index in [0.717, 1.165) is 25.1 Å². The molecule has 0 N–H and O–H groups in total. The van der Waals surface area contributed by atoms with Crippen LogP contribution < -0.4 is 0 Å². The Morgan fingerprint density at radius 2 is 2.09 bits per heavy atom. The van der Waals surface area contributed by atoms with E-state index in [-0.39, 0.29) is 11.7 Å². The van der Waals surface area contributed by atoms with Gasteiger partial charge in [-0.25, -0.2) is 4.39 Å². The number of benzene rings is 1. The third-order valence-corrected chi connectivity index (χ3v) is 4.15. The summed E-state index contributed by atoms with van der Waals surface area (Å²) in [6.45, 7) is 2.27. The molecule has 23 heavy (non-hydrogen) atoms. The van der Waals surface area contributed by atoms with Crippen LogP contribution in [0.25, 0.3) is 11.7 Å². The van der Waals surface area contributed by atoms with Gasteiger partial charge in [-0.1, -0.05) is 18.2 Å². The number of nitrogens with zero attached hydrogens (tertiary/aromatic N) is 3. The molecule has 2 aromatic heterocycles. The second-order valence-electron chi connectivity index (χ2n) is 5.73. The third kappa shape index (κ3) is 2.90. The average molecular weight is 313 g/mol. The van der Waals surface area contributed by atoms with Crippen LogP contribution in [-0.4, -0.2) is 28.2 Å². The predicted octanol–water partition coefficient (Wildman–Crippen LogP) is 3.46. The maximum absolute atomic E-state index is 13.7. The van der Waals surface area contributed by atoms with Gasteiger partial charge in [0.05, 0.1) is 12.2 Å². The minimum atomic E-state index is -0.158. The largest absolute Gasteiger partial charge is 0.459 e. The molecule has 0 aliphatic carbocycles. The molecule has 1 atom stereocenters. The van der Waals surface area contributed by atoms with Gasteiger partial charge in [0.1, 0.15) is 5.82 Å². The molecule has 3 heterocycles. The maximum Gasteiger partial charge on any atom is 0.283 e. The SMILES string of the molecule is Fc1ccccc1CN1CCC(c2nnc(-c3ccco3)o2)C1. The van der Waals surface area contributed by atoms with E-state index in [2.05, 4.69) is 15.1 Å². The molecule has 0 bridgehead atoms. The van der Waals surface area contributed by atoms with Crippen molar-refractivity contribution in [2.45, 2.75) is 18.9 Å². The Bertz CT molecular complexity index is 785. The Balaban J connectivity index is 1.43. The van der Waals surface area contributed by atoms with Crippen molar-refractivity contribution >= 4 is 0 Å². The third-order valence-electron chi connectivity index (χ3n) is 4.15. The summed E-state index contributed by atoms with van der Waals surface area (Å²) in [6, 6.07) is 10.5. The lowest BCUT2D eigenvalue weighted by atomic mass is 10.1. The summed E-state index contributed by atoms with van der Waals surface area (Å²) in [5, 5.41) is 8.17. The Morgan fingerprint density at radius 3 is 2.91 bits per heavy atom. The molecule has 118 valence electrons. The van der Waals surface area contributed by atoms with E-state index in [4.69, 9.17) is 8.83 Å². The second kappa shape index (κ2) is 5.96. The van der Waals surface area contributed by atoms with Gasteiger partial charge in [-0.05, 0) is 31.2 Å². The van der Waals surface area contributed by atoms with Gasteiger partial charge in [-0.3, -0.25) is 4.90 Å². The van der Waals surface area contributed by atoms with E-state index >= 15 is 0 Å². The van der Waals surface area contributed by atoms with Gasteiger partial charge in [0.2, 0.25) is 5.89 Å². The average Bonchev–Trinajstić information content (AvgIpc) is 3.30. The number of likely N-dealkylation sites (tertiary alicyclic amines) is 1. The zero-order chi connectivity index (χ0) is 15.6. The molecule has 5 nitrogen and oxygen atoms in total. The van der Waals surface area contributed by atoms with E-state index in [9.17, 15) is 4.39 Å². The summed E-state index contributed by atoms with van der Waals surface area (Å²) >= 11 is 0. The first kappa shape index (κ1) is 14.1. The molecule has 1 unspecified atom stereocenters. The molecule has 0 spiro atoms. The molecule has 3 aromatic rings. The molecule has 1 fully saturated rings. The van der Waals surface area contributed by atoms with Gasteiger partial charge < -0.3 is 8.83 Å². The van der Waals surface area contributed by atoms with Crippen molar-refractivity contribution in [3.05, 3.63) is 59.9 Å². The van der Waals surface area contributed by atoms with E-state index in [1.807, 2.05) is 12.1 Å². The van der Waals surface area contributed by atoms with Gasteiger partial charge >= 0.3 is 0 Å². The van der Waals surface area contributed by atoms with Crippen LogP contribution in [0, 0.1) is 5.82 Å². The molecule has 1 aliphatic heterocycles. The van der Waals surface area contributed by atoms with Gasteiger partial charge in [0.15, 0.2) is 5.76 Å². The van der Waals surface area contributed by atoms with Crippen molar-refractivity contribution < 1.29 is 13.2 Å². The molecule has 1 aromatic carbocycles. The first-order chi connectivity index (χ1) is 11.3. The standard InChI is InChI=1S/C17H16FN3O2/c18-14-5-2-1-4-12(14)10-21-8-7-13(11-21)16-19-20-17(23-16)15-6-3-9-22-15/h1-6,9,13H,7-8,10-11H2. The van der Waals surface area contributed by atoms with Crippen molar-refractivity contribution in [2.24, 2.45) is 0 Å². The quantitative estimate of drug-likeness (QED) is 0.738. The smallest absolute Gasteiger partial charge is 0.283 e. The first-order valence-corrected chi connectivity index (χ1v) is 7.62. The summed E-state index contributed by atoms with van der Waals surface area (Å²) < 4.78 is 24.7. The predicted molar refractivity (Wildman–Crippen MR) is 81.0 cm³/mol. The van der Waals surface area contributed by atoms with E-state index in [0.29, 0.717) is 24.1 Å². The summed E-state index contributed by atoms with van der Waals surface area (Å²) in [7, 11) is 0. The fraction of sp³-hybridized carbons (Fsp3) is 0.294. The topological polar surface area (TPSA) is 55.3 Å². The lowest BCUT2D eigenvalue weighted by Gasteiger charge is -2.15. The van der Waals surface area contributed by atoms with Crippen molar-refractivity contribution in [1.82, 2.24) is 15.1 Å². The van der Waals surface area contributed by atoms with Crippen LogP contribution in [0.2, 0.25) is 0 Å². The summed E-state index contributed by atoms with van der Waals surface area (Å²) in [5.41, 5.74) is 0.718. The number of halogens is 1. The maximum atomic E-state index is 13.7. The van der Waals surface area contributed by atoms with Gasteiger partial charge in [0, 0.05) is 18.7 Å². The highest BCUT2D eigenvalue weighted by Crippen LogP contribution is 2.29. The lowest BCUT2D eigenvalue weighted by molar-refractivity contribution is 0.315. The first-order valence-electron chi connectivity index (χ1n) is 7.62. The van der Waals surface area contributed by atoms with Crippen LogP contribution in [0.15, 0.2) is 51.5 Å². The highest BCUT2D eigenvalue weighted by molar-refractivity contribution is 5.42. The van der Waals surface area contributed by atoms with E-state index in [1.54, 1.807) is 24.5 Å². The summed E-state index contributed by atoms with van der Waals surface area (Å²) in [5.74, 6) is 1.61. The summed E-state index contributed by atoms with van der Waals surface area (Å²) in [6.07, 6.45) is 2.50. The monoisotopic (exact) mass is 313 g/mol. The molecule has 1 aliphatic rings. The van der Waals surface area contributed by atoms with Crippen molar-refractivity contribution in [1.29, 1.82) is 0 Å². The van der Waals surface area contributed by atoms with Gasteiger partial charge in [0.25, 0.3) is 5.89 Å². The Morgan fingerprint density at radius 1 is 1.17 bits per heavy atom. The van der Waals surface area contributed by atoms with E-state index < -0.39 is 0 Å². The molecule has 0 saturated carbocycles. The Labute approximate surface area is 132 Å². The highest BCUT2D eigenvalue weighted by atomic mass is 19.1. The number of rotatable bonds is 4. The fourth-order valence-electron chi connectivity index (χ4n) is 2.94. The van der Waals surface area contributed by atoms with Crippen LogP contribution in [0.4, 0.5) is 4.39 Å². The van der Waals surface area contributed by atoms with Crippen LogP contribution in [0.5, 0.6) is 0 Å². The Hall–Kier alpha value is -2.47. The molecule has 0 amide bonds. The molecule has 1 saturated heterocycles. The van der Waals surface area contributed by atoms with Crippen LogP contribution in [-0.2, 0) is 6.54 Å². The van der Waals surface area contributed by atoms with E-state index in [1.165, 1.54) is 6.07 Å². The lowest BCUT2D eigenvalue weighted by Crippen LogP contribution is -2.20. The van der Waals surface area contributed by atoms with Crippen molar-refractivity contribution in [3.8, 4) is 11.7 Å². The summed E-state index contributed by atoms with van der Waals surface area (Å²) in [4.78, 5) is 2.21. The number of aromatic nitrogens is 2. The minimum Gasteiger partial charge on any atom is -0.459 e. The van der Waals surface area contributed by atoms with Crippen molar-refractivity contribution in [2.75, 3.05) is 13.1 Å². The second-order valence-corrected chi connectivity index (χ2v) is 5.73. The van der Waals surface area contributed by atoms with Gasteiger partial charge in [-0.2, -0.15) is 0 Å². The zero-order valence-electron chi connectivity index (χ0n) is 12.5. The van der Waals surface area contributed by atoms with Crippen molar-refractivity contribution in [3.63, 3.8) is 0 Å². The molecule has 6 heteroatoms. The fourth-order valence-corrected chi connectivity index (χ4v) is 2.94. The minimum absolute atomic E-state index is 0.158. The number of hydrogen-bond acceptors (Lipinski definition) is 5. The Kier molecular flexibility index (Phi) is 3.67. The number of hydrogen-bond donors (Lipinski definition) is 0. The molecular formula is C17H16FN3O2. The van der Waals surface area contributed by atoms with Crippen LogP contribution >= 0.6 is 0 Å². The molecule has 4 rings (SSSR count). The molecule has 0 radical (unpaired) electrons. The zero-order valence-corrected chi connectivity index (χ0v) is 12.5. The molecular weight excluding hydrogens is 297 g/mol. The normalized spacial score (nSPS) is 18.6. The highest BCUT2D eigenvalue weighted by Gasteiger charge is 2.29. The van der Waals surface area contributed by atoms with Crippen LogP contribution in [0.3, 0.4) is 0 Å².